The van der Waals surface area contributed by atoms with Crippen molar-refractivity contribution in [3.05, 3.63) is 53.7 Å². The molecule has 0 atom stereocenters. The van der Waals surface area contributed by atoms with E-state index in [4.69, 9.17) is 4.42 Å². The van der Waals surface area contributed by atoms with Crippen LogP contribution in [0.1, 0.15) is 29.0 Å². The highest BCUT2D eigenvalue weighted by atomic mass is 19.1. The van der Waals surface area contributed by atoms with Crippen molar-refractivity contribution in [3.63, 3.8) is 0 Å². The zero-order valence-electron chi connectivity index (χ0n) is 10.4. The first-order valence-corrected chi connectivity index (χ1v) is 6.32. The molecular formula is C15H14FNO2. The third-order valence-electron chi connectivity index (χ3n) is 3.35. The first kappa shape index (κ1) is 12.0. The molecule has 0 amide bonds. The Labute approximate surface area is 110 Å². The number of hydrogen-bond donors (Lipinski definition) is 0. The van der Waals surface area contributed by atoms with Gasteiger partial charge >= 0.3 is 0 Å². The van der Waals surface area contributed by atoms with E-state index in [0.717, 1.165) is 18.6 Å². The van der Waals surface area contributed by atoms with Crippen molar-refractivity contribution in [1.29, 1.82) is 0 Å². The second kappa shape index (κ2) is 4.88. The SMILES string of the molecule is O=Cc1c(F)cccc1N(Cc1ccco1)C1CC1. The molecule has 0 N–H and O–H groups in total. The molecule has 1 saturated carbocycles. The zero-order valence-corrected chi connectivity index (χ0v) is 10.4. The number of halogens is 1. The molecule has 19 heavy (non-hydrogen) atoms. The van der Waals surface area contributed by atoms with E-state index in [2.05, 4.69) is 0 Å². The number of carbonyl (C=O) groups is 1. The molecule has 0 unspecified atom stereocenters. The van der Waals surface area contributed by atoms with E-state index < -0.39 is 5.82 Å². The predicted molar refractivity (Wildman–Crippen MR) is 69.7 cm³/mol. The zero-order chi connectivity index (χ0) is 13.2. The van der Waals surface area contributed by atoms with Crippen LogP contribution < -0.4 is 4.90 Å². The van der Waals surface area contributed by atoms with E-state index in [1.54, 1.807) is 18.4 Å². The van der Waals surface area contributed by atoms with Gasteiger partial charge in [0.1, 0.15) is 11.6 Å². The van der Waals surface area contributed by atoms with Crippen molar-refractivity contribution in [1.82, 2.24) is 0 Å². The number of hydrogen-bond acceptors (Lipinski definition) is 3. The maximum Gasteiger partial charge on any atom is 0.155 e. The van der Waals surface area contributed by atoms with Gasteiger partial charge in [-0.25, -0.2) is 4.39 Å². The van der Waals surface area contributed by atoms with Crippen molar-refractivity contribution < 1.29 is 13.6 Å². The van der Waals surface area contributed by atoms with E-state index >= 15 is 0 Å². The van der Waals surface area contributed by atoms with Crippen LogP contribution in [-0.4, -0.2) is 12.3 Å². The Balaban J connectivity index is 1.96. The molecular weight excluding hydrogens is 245 g/mol. The molecule has 2 aromatic rings. The summed E-state index contributed by atoms with van der Waals surface area (Å²) in [6.45, 7) is 0.557. The Bertz CT molecular complexity index is 576. The lowest BCUT2D eigenvalue weighted by atomic mass is 10.1. The Morgan fingerprint density at radius 1 is 1.32 bits per heavy atom. The van der Waals surface area contributed by atoms with Gasteiger partial charge in [-0.15, -0.1) is 0 Å². The van der Waals surface area contributed by atoms with E-state index in [1.165, 1.54) is 6.07 Å². The van der Waals surface area contributed by atoms with Crippen LogP contribution in [0.25, 0.3) is 0 Å². The molecule has 3 nitrogen and oxygen atoms in total. The van der Waals surface area contributed by atoms with Gasteiger partial charge in [-0.3, -0.25) is 4.79 Å². The number of benzene rings is 1. The van der Waals surface area contributed by atoms with Crippen molar-refractivity contribution in [2.24, 2.45) is 0 Å². The summed E-state index contributed by atoms with van der Waals surface area (Å²) in [6, 6.07) is 8.81. The summed E-state index contributed by atoms with van der Waals surface area (Å²) in [5.74, 6) is 0.339. The molecule has 0 saturated heterocycles. The Hall–Kier alpha value is -2.10. The summed E-state index contributed by atoms with van der Waals surface area (Å²) < 4.78 is 19.0. The third kappa shape index (κ3) is 2.38. The van der Waals surface area contributed by atoms with E-state index in [0.29, 0.717) is 24.6 Å². The largest absolute Gasteiger partial charge is 0.467 e. The Morgan fingerprint density at radius 2 is 2.16 bits per heavy atom. The van der Waals surface area contributed by atoms with Gasteiger partial charge in [0, 0.05) is 6.04 Å². The number of nitrogens with zero attached hydrogens (tertiary/aromatic N) is 1. The molecule has 1 fully saturated rings. The first-order valence-electron chi connectivity index (χ1n) is 6.32. The highest BCUT2D eigenvalue weighted by Gasteiger charge is 2.31. The highest BCUT2D eigenvalue weighted by molar-refractivity contribution is 5.85. The summed E-state index contributed by atoms with van der Waals surface area (Å²) in [5.41, 5.74) is 0.773. The summed E-state index contributed by atoms with van der Waals surface area (Å²) in [7, 11) is 0. The maximum atomic E-state index is 13.7. The number of carbonyl (C=O) groups excluding carboxylic acids is 1. The molecule has 98 valence electrons. The monoisotopic (exact) mass is 259 g/mol. The first-order chi connectivity index (χ1) is 9.29. The fourth-order valence-electron chi connectivity index (χ4n) is 2.26. The van der Waals surface area contributed by atoms with Gasteiger partial charge < -0.3 is 9.32 Å². The molecule has 0 aliphatic heterocycles. The molecule has 4 heteroatoms. The van der Waals surface area contributed by atoms with Crippen LogP contribution in [0.2, 0.25) is 0 Å². The smallest absolute Gasteiger partial charge is 0.155 e. The second-order valence-electron chi connectivity index (χ2n) is 4.73. The van der Waals surface area contributed by atoms with Crippen molar-refractivity contribution >= 4 is 12.0 Å². The Kier molecular flexibility index (Phi) is 3.07. The van der Waals surface area contributed by atoms with Crippen LogP contribution in [0, 0.1) is 5.82 Å². The van der Waals surface area contributed by atoms with E-state index in [9.17, 15) is 9.18 Å². The average molecular weight is 259 g/mol. The van der Waals surface area contributed by atoms with Crippen LogP contribution in [0.3, 0.4) is 0 Å². The van der Waals surface area contributed by atoms with Crippen LogP contribution in [-0.2, 0) is 6.54 Å². The second-order valence-corrected chi connectivity index (χ2v) is 4.73. The lowest BCUT2D eigenvalue weighted by molar-refractivity contribution is 0.112. The van der Waals surface area contributed by atoms with Crippen molar-refractivity contribution in [2.75, 3.05) is 4.90 Å². The number of rotatable bonds is 5. The molecule has 1 aromatic carbocycles. The van der Waals surface area contributed by atoms with Crippen LogP contribution in [0.5, 0.6) is 0 Å². The predicted octanol–water partition coefficient (Wildman–Crippen LogP) is 3.40. The Morgan fingerprint density at radius 3 is 2.79 bits per heavy atom. The van der Waals surface area contributed by atoms with Gasteiger partial charge in [-0.1, -0.05) is 6.07 Å². The number of furan rings is 1. The minimum absolute atomic E-state index is 0.126. The number of aldehydes is 1. The average Bonchev–Trinajstić information content (AvgIpc) is 3.13. The lowest BCUT2D eigenvalue weighted by Gasteiger charge is -2.25. The molecule has 1 aromatic heterocycles. The fraction of sp³-hybridized carbons (Fsp3) is 0.267. The van der Waals surface area contributed by atoms with Gasteiger partial charge in [-0.2, -0.15) is 0 Å². The van der Waals surface area contributed by atoms with Crippen LogP contribution in [0.4, 0.5) is 10.1 Å². The van der Waals surface area contributed by atoms with Gasteiger partial charge in [0.2, 0.25) is 0 Å². The van der Waals surface area contributed by atoms with Gasteiger partial charge in [-0.05, 0) is 37.1 Å². The van der Waals surface area contributed by atoms with Crippen LogP contribution >= 0.6 is 0 Å². The minimum atomic E-state index is -0.474. The van der Waals surface area contributed by atoms with Gasteiger partial charge in [0.05, 0.1) is 24.1 Å². The molecule has 0 radical (unpaired) electrons. The summed E-state index contributed by atoms with van der Waals surface area (Å²) in [6.07, 6.45) is 4.33. The molecule has 3 rings (SSSR count). The van der Waals surface area contributed by atoms with Gasteiger partial charge in [0.15, 0.2) is 6.29 Å². The van der Waals surface area contributed by atoms with E-state index in [1.807, 2.05) is 17.0 Å². The topological polar surface area (TPSA) is 33.5 Å². The van der Waals surface area contributed by atoms with E-state index in [-0.39, 0.29) is 5.56 Å². The van der Waals surface area contributed by atoms with Crippen molar-refractivity contribution in [3.8, 4) is 0 Å². The lowest BCUT2D eigenvalue weighted by Crippen LogP contribution is -2.26. The van der Waals surface area contributed by atoms with Gasteiger partial charge in [0.25, 0.3) is 0 Å². The summed E-state index contributed by atoms with van der Waals surface area (Å²) in [5, 5.41) is 0. The standard InChI is InChI=1S/C15H14FNO2/c16-14-4-1-5-15(13(14)10-18)17(11-6-7-11)9-12-3-2-8-19-12/h1-5,8,10-11H,6-7,9H2. The molecule has 0 spiro atoms. The molecule has 1 aliphatic rings. The van der Waals surface area contributed by atoms with Crippen molar-refractivity contribution in [2.45, 2.75) is 25.4 Å². The minimum Gasteiger partial charge on any atom is -0.467 e. The third-order valence-corrected chi connectivity index (χ3v) is 3.35. The number of anilines is 1. The highest BCUT2D eigenvalue weighted by Crippen LogP contribution is 2.35. The van der Waals surface area contributed by atoms with Crippen LogP contribution in [0.15, 0.2) is 41.0 Å². The molecule has 0 bridgehead atoms. The molecule has 1 heterocycles. The molecule has 1 aliphatic carbocycles. The quantitative estimate of drug-likeness (QED) is 0.772. The summed E-state index contributed by atoms with van der Waals surface area (Å²) in [4.78, 5) is 13.2. The maximum absolute atomic E-state index is 13.7. The normalized spacial score (nSPS) is 14.4. The fourth-order valence-corrected chi connectivity index (χ4v) is 2.26. The summed E-state index contributed by atoms with van der Waals surface area (Å²) >= 11 is 0.